The lowest BCUT2D eigenvalue weighted by Gasteiger charge is -2.35. The van der Waals surface area contributed by atoms with Gasteiger partial charge in [0.1, 0.15) is 0 Å². The molecule has 2 rings (SSSR count). The van der Waals surface area contributed by atoms with Gasteiger partial charge in [-0.3, -0.25) is 4.79 Å². The highest BCUT2D eigenvalue weighted by atomic mass is 32.1. The summed E-state index contributed by atoms with van der Waals surface area (Å²) in [5.41, 5.74) is 5.95. The van der Waals surface area contributed by atoms with Crippen LogP contribution in [0.15, 0.2) is 23.6 Å². The van der Waals surface area contributed by atoms with Crippen LogP contribution in [0.2, 0.25) is 0 Å². The standard InChI is InChI=1S/C16H24N2OS/c1-2-11-18(14-7-5-13(17)6-8-14)16(19)10-9-15-4-3-12-20-15/h3-4,9-10,12-14H,2,5-8,11,17H2,1H3. The highest BCUT2D eigenvalue weighted by molar-refractivity contribution is 7.10. The molecule has 1 saturated carbocycles. The Bertz CT molecular complexity index is 433. The van der Waals surface area contributed by atoms with Gasteiger partial charge in [0.05, 0.1) is 0 Å². The molecule has 0 atom stereocenters. The Balaban J connectivity index is 1.98. The number of nitrogens with zero attached hydrogens (tertiary/aromatic N) is 1. The first-order valence-corrected chi connectivity index (χ1v) is 8.36. The third-order valence-electron chi connectivity index (χ3n) is 3.86. The van der Waals surface area contributed by atoms with E-state index in [2.05, 4.69) is 6.92 Å². The van der Waals surface area contributed by atoms with Crippen molar-refractivity contribution in [2.24, 2.45) is 5.73 Å². The molecule has 0 radical (unpaired) electrons. The first kappa shape index (κ1) is 15.3. The summed E-state index contributed by atoms with van der Waals surface area (Å²) in [5, 5.41) is 2.02. The van der Waals surface area contributed by atoms with Crippen molar-refractivity contribution >= 4 is 23.3 Å². The van der Waals surface area contributed by atoms with E-state index >= 15 is 0 Å². The van der Waals surface area contributed by atoms with Crippen LogP contribution < -0.4 is 5.73 Å². The van der Waals surface area contributed by atoms with Gasteiger partial charge in [-0.25, -0.2) is 0 Å². The number of rotatable bonds is 5. The number of hydrogen-bond donors (Lipinski definition) is 1. The summed E-state index contributed by atoms with van der Waals surface area (Å²) in [6, 6.07) is 4.72. The van der Waals surface area contributed by atoms with Crippen molar-refractivity contribution in [3.63, 3.8) is 0 Å². The monoisotopic (exact) mass is 292 g/mol. The lowest BCUT2D eigenvalue weighted by molar-refractivity contribution is -0.128. The summed E-state index contributed by atoms with van der Waals surface area (Å²) in [6.07, 6.45) is 8.79. The molecule has 0 aromatic carbocycles. The van der Waals surface area contributed by atoms with Crippen LogP contribution in [0, 0.1) is 0 Å². The van der Waals surface area contributed by atoms with Gasteiger partial charge in [-0.2, -0.15) is 0 Å². The van der Waals surface area contributed by atoms with Crippen LogP contribution in [0.3, 0.4) is 0 Å². The number of hydrogen-bond acceptors (Lipinski definition) is 3. The molecule has 1 fully saturated rings. The van der Waals surface area contributed by atoms with Crippen LogP contribution in [-0.2, 0) is 4.79 Å². The van der Waals surface area contributed by atoms with E-state index in [1.54, 1.807) is 17.4 Å². The van der Waals surface area contributed by atoms with Gasteiger partial charge in [-0.15, -0.1) is 11.3 Å². The Hall–Kier alpha value is -1.13. The average Bonchev–Trinajstić information content (AvgIpc) is 2.97. The quantitative estimate of drug-likeness (QED) is 0.847. The van der Waals surface area contributed by atoms with E-state index in [1.807, 2.05) is 28.5 Å². The molecule has 110 valence electrons. The van der Waals surface area contributed by atoms with E-state index in [4.69, 9.17) is 5.73 Å². The SMILES string of the molecule is CCCN(C(=O)C=Cc1cccs1)C1CCC(N)CC1. The van der Waals surface area contributed by atoms with Crippen LogP contribution >= 0.6 is 11.3 Å². The fraction of sp³-hybridized carbons (Fsp3) is 0.562. The van der Waals surface area contributed by atoms with Gasteiger partial charge in [0.15, 0.2) is 0 Å². The molecule has 0 bridgehead atoms. The molecule has 1 aromatic rings. The molecule has 1 amide bonds. The maximum absolute atomic E-state index is 12.4. The molecule has 0 spiro atoms. The zero-order chi connectivity index (χ0) is 14.4. The van der Waals surface area contributed by atoms with Crippen molar-refractivity contribution in [3.8, 4) is 0 Å². The highest BCUT2D eigenvalue weighted by Gasteiger charge is 2.25. The third kappa shape index (κ3) is 4.18. The predicted octanol–water partition coefficient (Wildman–Crippen LogP) is 3.27. The molecule has 1 aliphatic carbocycles. The Morgan fingerprint density at radius 2 is 2.20 bits per heavy atom. The van der Waals surface area contributed by atoms with Crippen LogP contribution in [0.1, 0.15) is 43.9 Å². The molecule has 20 heavy (non-hydrogen) atoms. The molecule has 1 aliphatic rings. The summed E-state index contributed by atoms with van der Waals surface area (Å²) in [4.78, 5) is 15.6. The molecule has 0 aliphatic heterocycles. The highest BCUT2D eigenvalue weighted by Crippen LogP contribution is 2.23. The van der Waals surface area contributed by atoms with Crippen molar-refractivity contribution in [2.45, 2.75) is 51.1 Å². The number of thiophene rings is 1. The van der Waals surface area contributed by atoms with E-state index < -0.39 is 0 Å². The molecule has 0 unspecified atom stereocenters. The third-order valence-corrected chi connectivity index (χ3v) is 4.70. The molecule has 1 aromatic heterocycles. The summed E-state index contributed by atoms with van der Waals surface area (Å²) >= 11 is 1.65. The average molecular weight is 292 g/mol. The zero-order valence-corrected chi connectivity index (χ0v) is 12.9. The lowest BCUT2D eigenvalue weighted by atomic mass is 9.90. The van der Waals surface area contributed by atoms with Gasteiger partial charge < -0.3 is 10.6 Å². The topological polar surface area (TPSA) is 46.3 Å². The first-order chi connectivity index (χ1) is 9.70. The zero-order valence-electron chi connectivity index (χ0n) is 12.1. The molecule has 0 saturated heterocycles. The maximum atomic E-state index is 12.4. The second kappa shape index (κ2) is 7.60. The van der Waals surface area contributed by atoms with E-state index in [0.29, 0.717) is 12.1 Å². The van der Waals surface area contributed by atoms with Gasteiger partial charge in [-0.05, 0) is 49.6 Å². The second-order valence-electron chi connectivity index (χ2n) is 5.45. The van der Waals surface area contributed by atoms with Gasteiger partial charge >= 0.3 is 0 Å². The van der Waals surface area contributed by atoms with E-state index in [1.165, 1.54) is 0 Å². The number of carbonyl (C=O) groups excluding carboxylic acids is 1. The van der Waals surface area contributed by atoms with Crippen LogP contribution in [-0.4, -0.2) is 29.4 Å². The summed E-state index contributed by atoms with van der Waals surface area (Å²) in [5.74, 6) is 0.140. The van der Waals surface area contributed by atoms with Crippen molar-refractivity contribution in [1.29, 1.82) is 0 Å². The predicted molar refractivity (Wildman–Crippen MR) is 85.6 cm³/mol. The van der Waals surface area contributed by atoms with Crippen LogP contribution in [0.25, 0.3) is 6.08 Å². The number of amides is 1. The molecular weight excluding hydrogens is 268 g/mol. The normalized spacial score (nSPS) is 23.1. The van der Waals surface area contributed by atoms with Gasteiger partial charge in [0.25, 0.3) is 0 Å². The van der Waals surface area contributed by atoms with Gasteiger partial charge in [0.2, 0.25) is 5.91 Å². The Kier molecular flexibility index (Phi) is 5.80. The van der Waals surface area contributed by atoms with Crippen molar-refractivity contribution < 1.29 is 4.79 Å². The molecule has 4 heteroatoms. The van der Waals surface area contributed by atoms with Gasteiger partial charge in [-0.1, -0.05) is 13.0 Å². The van der Waals surface area contributed by atoms with Crippen molar-refractivity contribution in [2.75, 3.05) is 6.54 Å². The minimum Gasteiger partial charge on any atom is -0.336 e. The molecule has 2 N–H and O–H groups in total. The fourth-order valence-corrected chi connectivity index (χ4v) is 3.38. The summed E-state index contributed by atoms with van der Waals surface area (Å²) in [6.45, 7) is 2.96. The van der Waals surface area contributed by atoms with E-state index in [9.17, 15) is 4.79 Å². The Morgan fingerprint density at radius 3 is 2.80 bits per heavy atom. The Labute approximate surface area is 125 Å². The number of carbonyl (C=O) groups is 1. The molecular formula is C16H24N2OS. The maximum Gasteiger partial charge on any atom is 0.246 e. The van der Waals surface area contributed by atoms with Crippen molar-refractivity contribution in [3.05, 3.63) is 28.5 Å². The fourth-order valence-electron chi connectivity index (χ4n) is 2.76. The molecule has 1 heterocycles. The molecule has 3 nitrogen and oxygen atoms in total. The first-order valence-electron chi connectivity index (χ1n) is 7.48. The minimum atomic E-state index is 0.140. The van der Waals surface area contributed by atoms with Crippen LogP contribution in [0.4, 0.5) is 0 Å². The number of nitrogens with two attached hydrogens (primary N) is 1. The van der Waals surface area contributed by atoms with E-state index in [0.717, 1.165) is 43.5 Å². The summed E-state index contributed by atoms with van der Waals surface area (Å²) in [7, 11) is 0. The van der Waals surface area contributed by atoms with Gasteiger partial charge in [0, 0.05) is 29.6 Å². The van der Waals surface area contributed by atoms with E-state index in [-0.39, 0.29) is 5.91 Å². The Morgan fingerprint density at radius 1 is 1.45 bits per heavy atom. The lowest BCUT2D eigenvalue weighted by Crippen LogP contribution is -2.44. The summed E-state index contributed by atoms with van der Waals surface area (Å²) < 4.78 is 0. The second-order valence-corrected chi connectivity index (χ2v) is 6.43. The minimum absolute atomic E-state index is 0.140. The van der Waals surface area contributed by atoms with Crippen molar-refractivity contribution in [1.82, 2.24) is 4.90 Å². The van der Waals surface area contributed by atoms with Crippen LogP contribution in [0.5, 0.6) is 0 Å². The largest absolute Gasteiger partial charge is 0.336 e. The smallest absolute Gasteiger partial charge is 0.246 e.